The molecule has 0 radical (unpaired) electrons. The van der Waals surface area contributed by atoms with Crippen molar-refractivity contribution in [1.29, 1.82) is 0 Å². The molecule has 1 aliphatic heterocycles. The lowest BCUT2D eigenvalue weighted by Crippen LogP contribution is -2.35. The third-order valence-electron chi connectivity index (χ3n) is 1.85. The number of ether oxygens (including phenoxy) is 1. The molecule has 64 valence electrons. The number of Topliss-reactive ketones (excluding diaryl/α,β-unsaturated/α-hetero) is 1. The molecule has 0 aromatic carbocycles. The van der Waals surface area contributed by atoms with Crippen LogP contribution in [0.15, 0.2) is 0 Å². The van der Waals surface area contributed by atoms with Crippen LogP contribution in [0.5, 0.6) is 0 Å². The molecular weight excluding hydrogens is 142 g/mol. The number of hydrogen-bond acceptors (Lipinski definition) is 3. The molecule has 1 atom stereocenters. The van der Waals surface area contributed by atoms with Crippen molar-refractivity contribution >= 4 is 5.78 Å². The summed E-state index contributed by atoms with van der Waals surface area (Å²) in [4.78, 5) is 13.2. The van der Waals surface area contributed by atoms with E-state index in [1.165, 1.54) is 0 Å². The lowest BCUT2D eigenvalue weighted by molar-refractivity contribution is -0.131. The first-order valence-electron chi connectivity index (χ1n) is 3.95. The SMILES string of the molecule is CN(C)C[C@H]1COCCC1=O. The van der Waals surface area contributed by atoms with Gasteiger partial charge in [0.15, 0.2) is 0 Å². The summed E-state index contributed by atoms with van der Waals surface area (Å²) in [6, 6.07) is 0. The van der Waals surface area contributed by atoms with Crippen LogP contribution in [-0.2, 0) is 9.53 Å². The van der Waals surface area contributed by atoms with Crippen LogP contribution in [-0.4, -0.2) is 44.5 Å². The fourth-order valence-corrected chi connectivity index (χ4v) is 1.29. The Morgan fingerprint density at radius 3 is 2.91 bits per heavy atom. The molecule has 1 heterocycles. The lowest BCUT2D eigenvalue weighted by Gasteiger charge is -2.23. The van der Waals surface area contributed by atoms with Crippen molar-refractivity contribution in [2.24, 2.45) is 5.92 Å². The number of ketones is 1. The third-order valence-corrected chi connectivity index (χ3v) is 1.85. The fourth-order valence-electron chi connectivity index (χ4n) is 1.29. The Morgan fingerprint density at radius 2 is 2.36 bits per heavy atom. The van der Waals surface area contributed by atoms with E-state index < -0.39 is 0 Å². The van der Waals surface area contributed by atoms with Crippen molar-refractivity contribution in [2.75, 3.05) is 33.9 Å². The Labute approximate surface area is 67.3 Å². The molecule has 3 nitrogen and oxygen atoms in total. The predicted octanol–water partition coefficient (Wildman–Crippen LogP) is 0.154. The standard InChI is InChI=1S/C8H15NO2/c1-9(2)5-7-6-11-4-3-8(7)10/h7H,3-6H2,1-2H3/t7-/m0/s1. The number of nitrogens with zero attached hydrogens (tertiary/aromatic N) is 1. The minimum Gasteiger partial charge on any atom is -0.380 e. The van der Waals surface area contributed by atoms with Crippen LogP contribution in [0.2, 0.25) is 0 Å². The molecule has 1 saturated heterocycles. The van der Waals surface area contributed by atoms with Gasteiger partial charge < -0.3 is 9.64 Å². The highest BCUT2D eigenvalue weighted by molar-refractivity contribution is 5.81. The highest BCUT2D eigenvalue weighted by Gasteiger charge is 2.22. The molecule has 11 heavy (non-hydrogen) atoms. The van der Waals surface area contributed by atoms with Gasteiger partial charge in [-0.2, -0.15) is 0 Å². The molecule has 0 aromatic rings. The van der Waals surface area contributed by atoms with Crippen LogP contribution in [0, 0.1) is 5.92 Å². The van der Waals surface area contributed by atoms with Gasteiger partial charge in [0.1, 0.15) is 5.78 Å². The van der Waals surface area contributed by atoms with Gasteiger partial charge in [-0.15, -0.1) is 0 Å². The molecular formula is C8H15NO2. The van der Waals surface area contributed by atoms with Gasteiger partial charge in [0.05, 0.1) is 19.1 Å². The van der Waals surface area contributed by atoms with Crippen LogP contribution < -0.4 is 0 Å². The van der Waals surface area contributed by atoms with Crippen molar-refractivity contribution in [1.82, 2.24) is 4.90 Å². The predicted molar refractivity (Wildman–Crippen MR) is 42.5 cm³/mol. The van der Waals surface area contributed by atoms with E-state index in [0.29, 0.717) is 25.4 Å². The van der Waals surface area contributed by atoms with Gasteiger partial charge in [0.2, 0.25) is 0 Å². The number of hydrogen-bond donors (Lipinski definition) is 0. The van der Waals surface area contributed by atoms with Crippen LogP contribution >= 0.6 is 0 Å². The maximum Gasteiger partial charge on any atom is 0.141 e. The Morgan fingerprint density at radius 1 is 1.64 bits per heavy atom. The molecule has 0 unspecified atom stereocenters. The molecule has 0 aromatic heterocycles. The molecule has 1 rings (SSSR count). The zero-order chi connectivity index (χ0) is 8.27. The van der Waals surface area contributed by atoms with Gasteiger partial charge in [-0.05, 0) is 14.1 Å². The summed E-state index contributed by atoms with van der Waals surface area (Å²) >= 11 is 0. The number of carbonyl (C=O) groups is 1. The fraction of sp³-hybridized carbons (Fsp3) is 0.875. The molecule has 3 heteroatoms. The van der Waals surface area contributed by atoms with Crippen molar-refractivity contribution in [2.45, 2.75) is 6.42 Å². The van der Waals surface area contributed by atoms with Crippen LogP contribution in [0.25, 0.3) is 0 Å². The van der Waals surface area contributed by atoms with Crippen LogP contribution in [0.1, 0.15) is 6.42 Å². The summed E-state index contributed by atoms with van der Waals surface area (Å²) in [5.74, 6) is 0.462. The molecule has 0 amide bonds. The van der Waals surface area contributed by atoms with Crippen molar-refractivity contribution in [3.63, 3.8) is 0 Å². The zero-order valence-electron chi connectivity index (χ0n) is 7.17. The molecule has 0 N–H and O–H groups in total. The molecule has 1 aliphatic rings. The Kier molecular flexibility index (Phi) is 3.02. The quantitative estimate of drug-likeness (QED) is 0.571. The zero-order valence-corrected chi connectivity index (χ0v) is 7.17. The highest BCUT2D eigenvalue weighted by Crippen LogP contribution is 2.09. The van der Waals surface area contributed by atoms with Crippen LogP contribution in [0.3, 0.4) is 0 Å². The van der Waals surface area contributed by atoms with E-state index >= 15 is 0 Å². The summed E-state index contributed by atoms with van der Waals surface area (Å²) in [6.07, 6.45) is 0.596. The lowest BCUT2D eigenvalue weighted by atomic mass is 10.0. The Hall–Kier alpha value is -0.410. The highest BCUT2D eigenvalue weighted by atomic mass is 16.5. The summed E-state index contributed by atoms with van der Waals surface area (Å²) in [5.41, 5.74) is 0. The van der Waals surface area contributed by atoms with Gasteiger partial charge in [0, 0.05) is 13.0 Å². The molecule has 0 spiro atoms. The topological polar surface area (TPSA) is 29.5 Å². The van der Waals surface area contributed by atoms with Crippen molar-refractivity contribution < 1.29 is 9.53 Å². The van der Waals surface area contributed by atoms with E-state index in [1.54, 1.807) is 0 Å². The second-order valence-electron chi connectivity index (χ2n) is 3.25. The van der Waals surface area contributed by atoms with Crippen molar-refractivity contribution in [3.8, 4) is 0 Å². The van der Waals surface area contributed by atoms with Gasteiger partial charge >= 0.3 is 0 Å². The smallest absolute Gasteiger partial charge is 0.141 e. The van der Waals surface area contributed by atoms with Gasteiger partial charge in [-0.1, -0.05) is 0 Å². The molecule has 0 bridgehead atoms. The summed E-state index contributed by atoms with van der Waals surface area (Å²) in [5, 5.41) is 0. The van der Waals surface area contributed by atoms with Crippen molar-refractivity contribution in [3.05, 3.63) is 0 Å². The van der Waals surface area contributed by atoms with Crippen LogP contribution in [0.4, 0.5) is 0 Å². The minimum absolute atomic E-state index is 0.110. The van der Waals surface area contributed by atoms with E-state index in [0.717, 1.165) is 6.54 Å². The first-order valence-corrected chi connectivity index (χ1v) is 3.95. The Bertz CT molecular complexity index is 145. The summed E-state index contributed by atoms with van der Waals surface area (Å²) in [7, 11) is 3.95. The molecule has 0 saturated carbocycles. The maximum absolute atomic E-state index is 11.2. The second kappa shape index (κ2) is 3.83. The normalized spacial score (nSPS) is 26.1. The summed E-state index contributed by atoms with van der Waals surface area (Å²) in [6.45, 7) is 2.04. The molecule has 1 fully saturated rings. The van der Waals surface area contributed by atoms with Gasteiger partial charge in [-0.3, -0.25) is 4.79 Å². The molecule has 0 aliphatic carbocycles. The minimum atomic E-state index is 0.110. The van der Waals surface area contributed by atoms with E-state index in [9.17, 15) is 4.79 Å². The average Bonchev–Trinajstić information content (AvgIpc) is 1.93. The first-order chi connectivity index (χ1) is 5.20. The van der Waals surface area contributed by atoms with Gasteiger partial charge in [-0.25, -0.2) is 0 Å². The van der Waals surface area contributed by atoms with E-state index in [4.69, 9.17) is 4.74 Å². The number of carbonyl (C=O) groups excluding carboxylic acids is 1. The van der Waals surface area contributed by atoms with E-state index in [-0.39, 0.29) is 5.92 Å². The van der Waals surface area contributed by atoms with E-state index in [1.807, 2.05) is 19.0 Å². The third kappa shape index (κ3) is 2.60. The monoisotopic (exact) mass is 157 g/mol. The van der Waals surface area contributed by atoms with Gasteiger partial charge in [0.25, 0.3) is 0 Å². The van der Waals surface area contributed by atoms with E-state index in [2.05, 4.69) is 0 Å². The summed E-state index contributed by atoms with van der Waals surface area (Å²) < 4.78 is 5.21. The second-order valence-corrected chi connectivity index (χ2v) is 3.25. The number of rotatable bonds is 2. The Balaban J connectivity index is 2.36. The average molecular weight is 157 g/mol. The first kappa shape index (κ1) is 8.68. The largest absolute Gasteiger partial charge is 0.380 e. The maximum atomic E-state index is 11.2.